The van der Waals surface area contributed by atoms with E-state index in [1.54, 1.807) is 31.2 Å². The fourth-order valence-electron chi connectivity index (χ4n) is 2.44. The van der Waals surface area contributed by atoms with Crippen molar-refractivity contribution in [1.29, 1.82) is 0 Å². The molecule has 124 valence electrons. The van der Waals surface area contributed by atoms with E-state index in [1.165, 1.54) is 12.1 Å². The molecule has 0 radical (unpaired) electrons. The van der Waals surface area contributed by atoms with Gasteiger partial charge in [0.15, 0.2) is 0 Å². The van der Waals surface area contributed by atoms with Crippen molar-refractivity contribution in [3.63, 3.8) is 0 Å². The molecule has 0 aliphatic heterocycles. The van der Waals surface area contributed by atoms with Gasteiger partial charge in [0.05, 0.1) is 22.0 Å². The summed E-state index contributed by atoms with van der Waals surface area (Å²) in [7, 11) is 0. The van der Waals surface area contributed by atoms with E-state index in [2.05, 4.69) is 15.3 Å². The lowest BCUT2D eigenvalue weighted by Crippen LogP contribution is -2.15. The quantitative estimate of drug-likeness (QED) is 0.565. The van der Waals surface area contributed by atoms with Gasteiger partial charge in [0.25, 0.3) is 5.69 Å². The number of imidazole rings is 1. The van der Waals surface area contributed by atoms with Crippen LogP contribution in [0.5, 0.6) is 0 Å². The Kier molecular flexibility index (Phi) is 4.07. The Morgan fingerprint density at radius 2 is 2.00 bits per heavy atom. The van der Waals surface area contributed by atoms with Gasteiger partial charge in [0.1, 0.15) is 17.8 Å². The van der Waals surface area contributed by atoms with E-state index in [0.29, 0.717) is 16.9 Å². The lowest BCUT2D eigenvalue weighted by molar-refractivity contribution is -0.385. The smallest absolute Gasteiger partial charge is 0.320 e. The summed E-state index contributed by atoms with van der Waals surface area (Å²) in [6.07, 6.45) is 1.10. The molecular formula is C15H13F2N5O2. The van der Waals surface area contributed by atoms with E-state index in [-0.39, 0.29) is 11.5 Å². The van der Waals surface area contributed by atoms with Gasteiger partial charge < -0.3 is 5.32 Å². The Hall–Kier alpha value is -3.10. The number of para-hydroxylation sites is 2. The van der Waals surface area contributed by atoms with E-state index >= 15 is 0 Å². The number of hydrogen-bond acceptors (Lipinski definition) is 5. The molecule has 2 aromatic heterocycles. The molecule has 0 unspecified atom stereocenters. The summed E-state index contributed by atoms with van der Waals surface area (Å²) in [5.41, 5.74) is 0.666. The zero-order chi connectivity index (χ0) is 17.3. The van der Waals surface area contributed by atoms with Crippen LogP contribution in [0.2, 0.25) is 0 Å². The Bertz CT molecular complexity index is 879. The highest BCUT2D eigenvalue weighted by atomic mass is 19.3. The van der Waals surface area contributed by atoms with Crippen LogP contribution in [0.3, 0.4) is 0 Å². The van der Waals surface area contributed by atoms with Crippen LogP contribution in [0.25, 0.3) is 11.0 Å². The molecule has 0 aliphatic rings. The molecule has 0 saturated heterocycles. The highest BCUT2D eigenvalue weighted by molar-refractivity contribution is 5.76. The van der Waals surface area contributed by atoms with Crippen LogP contribution in [0.4, 0.5) is 20.3 Å². The first-order valence-corrected chi connectivity index (χ1v) is 7.09. The highest BCUT2D eigenvalue weighted by Crippen LogP contribution is 2.28. The molecule has 0 saturated carbocycles. The molecule has 2 heterocycles. The second kappa shape index (κ2) is 6.19. The largest absolute Gasteiger partial charge is 0.360 e. The predicted molar refractivity (Wildman–Crippen MR) is 83.9 cm³/mol. The van der Waals surface area contributed by atoms with Gasteiger partial charge >= 0.3 is 6.55 Å². The number of pyridine rings is 1. The molecule has 1 atom stereocenters. The number of hydrogen-bond donors (Lipinski definition) is 1. The van der Waals surface area contributed by atoms with E-state index in [1.807, 2.05) is 0 Å². The van der Waals surface area contributed by atoms with Gasteiger partial charge in [-0.15, -0.1) is 0 Å². The first-order valence-electron chi connectivity index (χ1n) is 7.09. The van der Waals surface area contributed by atoms with Crippen molar-refractivity contribution in [2.45, 2.75) is 19.5 Å². The number of aromatic nitrogens is 3. The number of halogens is 2. The second-order valence-corrected chi connectivity index (χ2v) is 5.13. The molecule has 3 aromatic rings. The fraction of sp³-hybridized carbons (Fsp3) is 0.200. The standard InChI is InChI=1S/C15H13F2N5O2/c1-9(19-13-7-6-10(8-18-13)22(23)24)14-20-11-4-2-3-5-12(11)21(14)15(16)17/h2-9,15H,1H3,(H,18,19)/t9-/m0/s1. The Balaban J connectivity index is 1.92. The van der Waals surface area contributed by atoms with Gasteiger partial charge in [0, 0.05) is 6.07 Å². The van der Waals surface area contributed by atoms with Crippen LogP contribution in [-0.4, -0.2) is 19.5 Å². The number of benzene rings is 1. The minimum absolute atomic E-state index is 0.145. The zero-order valence-electron chi connectivity index (χ0n) is 12.6. The van der Waals surface area contributed by atoms with E-state index in [4.69, 9.17) is 0 Å². The second-order valence-electron chi connectivity index (χ2n) is 5.13. The van der Waals surface area contributed by atoms with Gasteiger partial charge in [0.2, 0.25) is 0 Å². The Morgan fingerprint density at radius 1 is 1.25 bits per heavy atom. The van der Waals surface area contributed by atoms with Crippen molar-refractivity contribution in [2.75, 3.05) is 5.32 Å². The summed E-state index contributed by atoms with van der Waals surface area (Å²) >= 11 is 0. The summed E-state index contributed by atoms with van der Waals surface area (Å²) < 4.78 is 27.7. The van der Waals surface area contributed by atoms with Crippen molar-refractivity contribution < 1.29 is 13.7 Å². The number of nitro groups is 1. The molecule has 1 aromatic carbocycles. The summed E-state index contributed by atoms with van der Waals surface area (Å²) in [5, 5.41) is 13.6. The van der Waals surface area contributed by atoms with Crippen LogP contribution in [0.15, 0.2) is 42.6 Å². The lowest BCUT2D eigenvalue weighted by Gasteiger charge is -2.16. The average Bonchev–Trinajstić information content (AvgIpc) is 2.95. The topological polar surface area (TPSA) is 85.9 Å². The minimum Gasteiger partial charge on any atom is -0.360 e. The van der Waals surface area contributed by atoms with Gasteiger partial charge in [-0.05, 0) is 25.1 Å². The van der Waals surface area contributed by atoms with Crippen LogP contribution < -0.4 is 5.32 Å². The van der Waals surface area contributed by atoms with E-state index in [9.17, 15) is 18.9 Å². The van der Waals surface area contributed by atoms with Crippen LogP contribution in [0.1, 0.15) is 25.3 Å². The van der Waals surface area contributed by atoms with Gasteiger partial charge in [-0.3, -0.25) is 14.7 Å². The molecule has 0 amide bonds. The zero-order valence-corrected chi connectivity index (χ0v) is 12.6. The normalized spacial score (nSPS) is 12.5. The Morgan fingerprint density at radius 3 is 2.62 bits per heavy atom. The van der Waals surface area contributed by atoms with Crippen LogP contribution in [-0.2, 0) is 0 Å². The summed E-state index contributed by atoms with van der Waals surface area (Å²) in [4.78, 5) is 18.2. The number of fused-ring (bicyclic) bond motifs is 1. The van der Waals surface area contributed by atoms with E-state index in [0.717, 1.165) is 10.8 Å². The van der Waals surface area contributed by atoms with Crippen LogP contribution >= 0.6 is 0 Å². The van der Waals surface area contributed by atoms with Crippen molar-refractivity contribution >= 4 is 22.5 Å². The molecule has 7 nitrogen and oxygen atoms in total. The van der Waals surface area contributed by atoms with Crippen LogP contribution in [0, 0.1) is 10.1 Å². The highest BCUT2D eigenvalue weighted by Gasteiger charge is 2.22. The maximum absolute atomic E-state index is 13.4. The van der Waals surface area contributed by atoms with Crippen molar-refractivity contribution in [2.24, 2.45) is 0 Å². The van der Waals surface area contributed by atoms with E-state index < -0.39 is 17.5 Å². The maximum Gasteiger partial charge on any atom is 0.320 e. The summed E-state index contributed by atoms with van der Waals surface area (Å²) in [6.45, 7) is -1.06. The van der Waals surface area contributed by atoms with Crippen molar-refractivity contribution in [3.05, 3.63) is 58.5 Å². The summed E-state index contributed by atoms with van der Waals surface area (Å²) in [5.74, 6) is 0.493. The minimum atomic E-state index is -2.73. The number of nitrogens with zero attached hydrogens (tertiary/aromatic N) is 4. The third-order valence-electron chi connectivity index (χ3n) is 3.53. The molecule has 0 aliphatic carbocycles. The first-order chi connectivity index (χ1) is 11.5. The molecule has 0 fully saturated rings. The lowest BCUT2D eigenvalue weighted by atomic mass is 10.3. The monoisotopic (exact) mass is 333 g/mol. The van der Waals surface area contributed by atoms with Crippen molar-refractivity contribution in [1.82, 2.24) is 14.5 Å². The molecule has 9 heteroatoms. The first kappa shape index (κ1) is 15.8. The third kappa shape index (κ3) is 2.87. The molecular weight excluding hydrogens is 320 g/mol. The maximum atomic E-state index is 13.4. The Labute approximate surface area is 135 Å². The number of alkyl halides is 2. The van der Waals surface area contributed by atoms with Gasteiger partial charge in [-0.2, -0.15) is 8.78 Å². The van der Waals surface area contributed by atoms with Gasteiger partial charge in [-0.25, -0.2) is 9.97 Å². The fourth-order valence-corrected chi connectivity index (χ4v) is 2.44. The molecule has 1 N–H and O–H groups in total. The molecule has 0 bridgehead atoms. The summed E-state index contributed by atoms with van der Waals surface area (Å²) in [6, 6.07) is 8.78. The average molecular weight is 333 g/mol. The SMILES string of the molecule is C[C@H](Nc1ccc([N+](=O)[O-])cn1)c1nc2ccccc2n1C(F)F. The number of rotatable bonds is 5. The molecule has 3 rings (SSSR count). The molecule has 0 spiro atoms. The third-order valence-corrected chi connectivity index (χ3v) is 3.53. The number of anilines is 1. The number of nitrogens with one attached hydrogen (secondary N) is 1. The molecule has 24 heavy (non-hydrogen) atoms. The van der Waals surface area contributed by atoms with Crippen molar-refractivity contribution in [3.8, 4) is 0 Å². The predicted octanol–water partition coefficient (Wildman–Crippen LogP) is 3.91. The van der Waals surface area contributed by atoms with Gasteiger partial charge in [-0.1, -0.05) is 12.1 Å².